The van der Waals surface area contributed by atoms with Gasteiger partial charge in [-0.15, -0.1) is 0 Å². The Morgan fingerprint density at radius 2 is 1.72 bits per heavy atom. The van der Waals surface area contributed by atoms with Gasteiger partial charge in [-0.25, -0.2) is 30.9 Å². The normalized spacial score (nSPS) is 23.8. The van der Waals surface area contributed by atoms with Crippen LogP contribution in [0.4, 0.5) is 21.5 Å². The molecule has 2 saturated heterocycles. The number of anilines is 2. The Balaban J connectivity index is 0.865. The van der Waals surface area contributed by atoms with Crippen molar-refractivity contribution in [1.29, 1.82) is 0 Å². The van der Waals surface area contributed by atoms with Gasteiger partial charge in [0.1, 0.15) is 29.6 Å². The molecule has 396 valence electrons. The number of amides is 1. The molecule has 4 N–H and O–H groups in total. The number of sulfonamides is 2. The number of piperazine rings is 1. The number of nitrogens with one attached hydrogen (secondary N) is 3. The Hall–Kier alpha value is -5.87. The van der Waals surface area contributed by atoms with E-state index in [4.69, 9.17) is 9.47 Å². The quantitative estimate of drug-likeness (QED) is 0.0640. The summed E-state index contributed by atoms with van der Waals surface area (Å²) in [6.45, 7) is 12.6. The van der Waals surface area contributed by atoms with Crippen molar-refractivity contribution in [2.45, 2.75) is 126 Å². The van der Waals surface area contributed by atoms with Crippen molar-refractivity contribution in [3.05, 3.63) is 106 Å². The number of hydrogen-bond donors (Lipinski definition) is 4. The number of aromatic amines is 1. The lowest BCUT2D eigenvalue weighted by Crippen LogP contribution is -2.61. The first-order valence-electron chi connectivity index (χ1n) is 25.6. The molecule has 1 spiro atoms. The number of carbonyl (C=O) groups is 1. The van der Waals surface area contributed by atoms with E-state index in [0.29, 0.717) is 64.1 Å². The molecule has 18 nitrogen and oxygen atoms in total. The average Bonchev–Trinajstić information content (AvgIpc) is 3.74. The number of aliphatic hydroxyl groups is 1. The molecule has 2 saturated carbocycles. The van der Waals surface area contributed by atoms with Crippen LogP contribution < -0.4 is 24.4 Å². The highest BCUT2D eigenvalue weighted by atomic mass is 32.2. The zero-order valence-electron chi connectivity index (χ0n) is 42.3. The molecular formula is C53H65FN8O10S2. The molecule has 5 aliphatic rings. The number of pyridine rings is 1. The van der Waals surface area contributed by atoms with Gasteiger partial charge in [0, 0.05) is 74.9 Å². The molecule has 1 amide bonds. The molecule has 0 bridgehead atoms. The van der Waals surface area contributed by atoms with E-state index in [9.17, 15) is 41.2 Å². The van der Waals surface area contributed by atoms with Crippen molar-refractivity contribution >= 4 is 54.0 Å². The summed E-state index contributed by atoms with van der Waals surface area (Å²) in [5.41, 5.74) is 2.05. The fraction of sp³-hybridized carbons (Fsp3) is 0.509. The number of rotatable bonds is 13. The summed E-state index contributed by atoms with van der Waals surface area (Å²) in [6.07, 6.45) is 8.77. The number of carbonyl (C=O) groups excluding carboxylic acids is 1. The number of nitro benzene ring substituents is 1. The first kappa shape index (κ1) is 51.6. The van der Waals surface area contributed by atoms with Gasteiger partial charge in [0.25, 0.3) is 21.6 Å². The summed E-state index contributed by atoms with van der Waals surface area (Å²) < 4.78 is 85.8. The maximum absolute atomic E-state index is 14.7. The first-order chi connectivity index (χ1) is 35.1. The van der Waals surface area contributed by atoms with Gasteiger partial charge in [0.2, 0.25) is 10.0 Å². The summed E-state index contributed by atoms with van der Waals surface area (Å²) in [7, 11) is -8.21. The molecule has 10 rings (SSSR count). The maximum atomic E-state index is 14.7. The Morgan fingerprint density at radius 3 is 2.42 bits per heavy atom. The predicted octanol–water partition coefficient (Wildman–Crippen LogP) is 8.60. The van der Waals surface area contributed by atoms with E-state index < -0.39 is 58.1 Å². The SMILES string of the molecule is CC(C)c1ccccc1[C@H]1CN(S(=O)(=O)C(C)C)CCN1C1CC2(CCN(c3ccc(C(=O)NS(=O)(=O)c4cc5c(c([N+](=O)[O-])c4)N[C@@H]([C@H]4CC[C@](C)(O)CC4)CO5)c(Oc4cnc5[nH]cc(F)c5c4)c3)CC2)C1. The van der Waals surface area contributed by atoms with Gasteiger partial charge in [-0.1, -0.05) is 38.1 Å². The minimum Gasteiger partial charge on any atom is -0.489 e. The number of H-pyrrole nitrogens is 1. The third kappa shape index (κ3) is 10.0. The number of aromatic nitrogens is 2. The molecule has 2 aromatic heterocycles. The van der Waals surface area contributed by atoms with Crippen molar-refractivity contribution in [1.82, 2.24) is 23.9 Å². The second-order valence-corrected chi connectivity index (χ2v) is 26.1. The summed E-state index contributed by atoms with van der Waals surface area (Å²) in [5, 5.41) is 25.7. The fourth-order valence-corrected chi connectivity index (χ4v) is 14.3. The highest BCUT2D eigenvalue weighted by Gasteiger charge is 2.51. The monoisotopic (exact) mass is 1060 g/mol. The van der Waals surface area contributed by atoms with Crippen LogP contribution in [-0.4, -0.2) is 114 Å². The molecule has 0 radical (unpaired) electrons. The van der Waals surface area contributed by atoms with E-state index in [1.165, 1.54) is 29.5 Å². The second kappa shape index (κ2) is 19.7. The van der Waals surface area contributed by atoms with Crippen molar-refractivity contribution in [2.75, 3.05) is 49.5 Å². The molecule has 5 heterocycles. The first-order valence-corrected chi connectivity index (χ1v) is 28.6. The van der Waals surface area contributed by atoms with Crippen molar-refractivity contribution in [2.24, 2.45) is 11.3 Å². The van der Waals surface area contributed by atoms with Gasteiger partial charge in [0.05, 0.1) is 43.9 Å². The second-order valence-electron chi connectivity index (χ2n) is 21.9. The minimum absolute atomic E-state index is 0.0261. The largest absolute Gasteiger partial charge is 0.489 e. The van der Waals surface area contributed by atoms with Crippen LogP contribution >= 0.6 is 0 Å². The van der Waals surface area contributed by atoms with Crippen LogP contribution in [0, 0.1) is 27.3 Å². The van der Waals surface area contributed by atoms with Crippen molar-refractivity contribution in [3.8, 4) is 17.2 Å². The molecular weight excluding hydrogens is 992 g/mol. The summed E-state index contributed by atoms with van der Waals surface area (Å²) in [4.78, 5) is 37.1. The van der Waals surface area contributed by atoms with E-state index in [0.717, 1.165) is 44.0 Å². The zero-order valence-corrected chi connectivity index (χ0v) is 44.0. The topological polar surface area (TPSA) is 230 Å². The van der Waals surface area contributed by atoms with Crippen molar-refractivity contribution < 1.29 is 45.5 Å². The van der Waals surface area contributed by atoms with E-state index in [2.05, 4.69) is 55.8 Å². The Morgan fingerprint density at radius 1 is 0.986 bits per heavy atom. The van der Waals surface area contributed by atoms with E-state index in [-0.39, 0.29) is 81.5 Å². The molecule has 4 fully saturated rings. The van der Waals surface area contributed by atoms with Crippen LogP contribution in [0.1, 0.15) is 119 Å². The standard InChI is InChI=1S/C53H65FN8O10S2/c1-32(2)39-8-6-7-9-40(39)46-30-60(74(69,70)33(3)4)20-21-61(46)36-26-53(27-36)16-18-59(19-17-53)35-10-11-41(47(22-35)72-37-23-42-43(54)29-56-50(42)55-28-37)51(63)58-73(67,68)38-24-45(62(65)66)49-48(25-38)71-31-44(57-49)34-12-14-52(5,64)15-13-34/h6-11,22-25,28-29,32-34,36,44,46,57,64H,12-21,26-27,30-31H2,1-5H3,(H,55,56)(H,58,63)/t34-,44-,46-,52-/m1/s1. The smallest absolute Gasteiger partial charge is 0.297 e. The molecule has 74 heavy (non-hydrogen) atoms. The Labute approximate surface area is 431 Å². The lowest BCUT2D eigenvalue weighted by molar-refractivity contribution is -0.384. The van der Waals surface area contributed by atoms with Gasteiger partial charge in [0.15, 0.2) is 11.4 Å². The number of nitro groups is 1. The van der Waals surface area contributed by atoms with Crippen LogP contribution in [0.3, 0.4) is 0 Å². The van der Waals surface area contributed by atoms with Gasteiger partial charge in [-0.05, 0) is 119 Å². The lowest BCUT2D eigenvalue weighted by atomic mass is 9.59. The third-order valence-corrected chi connectivity index (χ3v) is 20.0. The fourth-order valence-electron chi connectivity index (χ4n) is 12.0. The van der Waals surface area contributed by atoms with Gasteiger partial charge >= 0.3 is 0 Å². The molecule has 2 aliphatic carbocycles. The molecule has 2 atom stereocenters. The lowest BCUT2D eigenvalue weighted by Gasteiger charge is -2.58. The third-order valence-electron chi connectivity index (χ3n) is 16.4. The van der Waals surface area contributed by atoms with E-state index in [1.807, 2.05) is 12.1 Å². The minimum atomic E-state index is -4.76. The average molecular weight is 1060 g/mol. The number of ether oxygens (including phenoxy) is 2. The van der Waals surface area contributed by atoms with Crippen LogP contribution in [0.2, 0.25) is 0 Å². The molecule has 3 aromatic carbocycles. The van der Waals surface area contributed by atoms with Crippen LogP contribution in [0.25, 0.3) is 11.0 Å². The molecule has 21 heteroatoms. The van der Waals surface area contributed by atoms with Gasteiger partial charge in [-0.3, -0.25) is 19.8 Å². The predicted molar refractivity (Wildman–Crippen MR) is 278 cm³/mol. The number of halogens is 1. The number of fused-ring (bicyclic) bond motifs is 2. The molecule has 0 unspecified atom stereocenters. The highest BCUT2D eigenvalue weighted by molar-refractivity contribution is 7.90. The maximum Gasteiger partial charge on any atom is 0.297 e. The van der Waals surface area contributed by atoms with Crippen molar-refractivity contribution in [3.63, 3.8) is 0 Å². The summed E-state index contributed by atoms with van der Waals surface area (Å²) in [6, 6.07) is 16.6. The van der Waals surface area contributed by atoms with E-state index in [1.54, 1.807) is 37.2 Å². The number of benzene rings is 3. The highest BCUT2D eigenvalue weighted by Crippen LogP contribution is 2.54. The Bertz CT molecular complexity index is 3200. The summed E-state index contributed by atoms with van der Waals surface area (Å²) >= 11 is 0. The van der Waals surface area contributed by atoms with Gasteiger partial charge in [-0.2, -0.15) is 4.31 Å². The van der Waals surface area contributed by atoms with Crippen LogP contribution in [0.5, 0.6) is 17.2 Å². The van der Waals surface area contributed by atoms with Gasteiger partial charge < -0.3 is 29.8 Å². The number of piperidine rings is 1. The molecule has 3 aliphatic heterocycles. The Kier molecular flexibility index (Phi) is 13.7. The number of nitrogens with zero attached hydrogens (tertiary/aromatic N) is 5. The zero-order chi connectivity index (χ0) is 52.5. The number of hydrogen-bond acceptors (Lipinski definition) is 14. The van der Waals surface area contributed by atoms with Crippen LogP contribution in [-0.2, 0) is 20.0 Å². The summed E-state index contributed by atoms with van der Waals surface area (Å²) in [5.74, 6) is -1.28. The van der Waals surface area contributed by atoms with Crippen LogP contribution in [0.15, 0.2) is 78.0 Å². The van der Waals surface area contributed by atoms with E-state index >= 15 is 0 Å². The molecule has 5 aromatic rings.